The van der Waals surface area contributed by atoms with E-state index in [1.807, 2.05) is 24.3 Å². The highest BCUT2D eigenvalue weighted by Gasteiger charge is 2.51. The number of nitrogens with zero attached hydrogens (tertiary/aromatic N) is 1. The summed E-state index contributed by atoms with van der Waals surface area (Å²) in [6.07, 6.45) is 2.97. The Labute approximate surface area is 123 Å². The smallest absolute Gasteiger partial charge is 0.221 e. The Balaban J connectivity index is 1.97. The standard InChI is InChI=1S/C16H19NO4/c1-21-12-7-5-10(6-8-12)15-13-4-2-3-11(16(13)18)9-14(15)17(19)20/h5-8,11,13-15H,2-4,9H2,1H3/t11-,13+,14+,15+/m1/s1. The molecule has 21 heavy (non-hydrogen) atoms. The number of nitro groups is 1. The third-order valence-electron chi connectivity index (χ3n) is 4.98. The summed E-state index contributed by atoms with van der Waals surface area (Å²) in [4.78, 5) is 23.7. The minimum Gasteiger partial charge on any atom is -0.497 e. The Hall–Kier alpha value is -1.91. The van der Waals surface area contributed by atoms with Crippen LogP contribution in [-0.4, -0.2) is 23.9 Å². The van der Waals surface area contributed by atoms with E-state index in [1.165, 1.54) is 0 Å². The number of ketones is 1. The van der Waals surface area contributed by atoms with E-state index in [2.05, 4.69) is 0 Å². The molecular weight excluding hydrogens is 270 g/mol. The molecule has 0 spiro atoms. The first kappa shape index (κ1) is 14.0. The van der Waals surface area contributed by atoms with Gasteiger partial charge in [-0.15, -0.1) is 0 Å². The number of ether oxygens (including phenoxy) is 1. The first-order valence-corrected chi connectivity index (χ1v) is 7.43. The highest BCUT2D eigenvalue weighted by Crippen LogP contribution is 2.46. The normalized spacial score (nSPS) is 31.8. The van der Waals surface area contributed by atoms with Crippen LogP contribution in [0, 0.1) is 22.0 Å². The summed E-state index contributed by atoms with van der Waals surface area (Å²) >= 11 is 0. The van der Waals surface area contributed by atoms with Gasteiger partial charge < -0.3 is 4.74 Å². The number of carbonyl (C=O) groups is 1. The Morgan fingerprint density at radius 1 is 1.24 bits per heavy atom. The molecule has 0 N–H and O–H groups in total. The number of hydrogen-bond acceptors (Lipinski definition) is 4. The molecular formula is C16H19NO4. The van der Waals surface area contributed by atoms with Gasteiger partial charge in [-0.2, -0.15) is 0 Å². The van der Waals surface area contributed by atoms with Crippen LogP contribution in [0.3, 0.4) is 0 Å². The zero-order chi connectivity index (χ0) is 15.0. The Bertz CT molecular complexity index is 552. The zero-order valence-corrected chi connectivity index (χ0v) is 12.0. The molecule has 0 aliphatic heterocycles. The summed E-state index contributed by atoms with van der Waals surface area (Å²) < 4.78 is 5.13. The molecule has 0 radical (unpaired) electrons. The number of benzene rings is 1. The molecule has 2 bridgehead atoms. The van der Waals surface area contributed by atoms with Gasteiger partial charge in [0.1, 0.15) is 11.5 Å². The molecule has 0 aromatic heterocycles. The van der Waals surface area contributed by atoms with Gasteiger partial charge in [0.25, 0.3) is 0 Å². The molecule has 2 aliphatic carbocycles. The van der Waals surface area contributed by atoms with Crippen molar-refractivity contribution in [1.82, 2.24) is 0 Å². The maximum absolute atomic E-state index is 12.4. The van der Waals surface area contributed by atoms with Crippen molar-refractivity contribution in [2.24, 2.45) is 11.8 Å². The van der Waals surface area contributed by atoms with Gasteiger partial charge in [-0.05, 0) is 30.5 Å². The van der Waals surface area contributed by atoms with Gasteiger partial charge in [-0.25, -0.2) is 0 Å². The van der Waals surface area contributed by atoms with Crippen molar-refractivity contribution >= 4 is 5.78 Å². The van der Waals surface area contributed by atoms with Gasteiger partial charge in [-0.1, -0.05) is 18.6 Å². The fourth-order valence-corrected chi connectivity index (χ4v) is 3.97. The first-order chi connectivity index (χ1) is 10.1. The Kier molecular flexibility index (Phi) is 3.66. The largest absolute Gasteiger partial charge is 0.497 e. The highest BCUT2D eigenvalue weighted by molar-refractivity contribution is 5.86. The van der Waals surface area contributed by atoms with Crippen LogP contribution < -0.4 is 4.74 Å². The molecule has 0 unspecified atom stereocenters. The zero-order valence-electron chi connectivity index (χ0n) is 12.0. The molecule has 5 heteroatoms. The summed E-state index contributed by atoms with van der Waals surface area (Å²) in [5, 5.41) is 11.5. The fourth-order valence-electron chi connectivity index (χ4n) is 3.97. The average Bonchev–Trinajstić information content (AvgIpc) is 2.47. The minimum atomic E-state index is -0.647. The molecule has 1 aromatic carbocycles. The molecule has 2 aliphatic rings. The topological polar surface area (TPSA) is 69.4 Å². The number of fused-ring (bicyclic) bond motifs is 2. The van der Waals surface area contributed by atoms with E-state index < -0.39 is 6.04 Å². The molecule has 2 fully saturated rings. The lowest BCUT2D eigenvalue weighted by Gasteiger charge is -2.40. The Morgan fingerprint density at radius 2 is 1.95 bits per heavy atom. The molecule has 0 amide bonds. The number of Topliss-reactive ketones (excluding diaryl/α,β-unsaturated/α-hetero) is 1. The lowest BCUT2D eigenvalue weighted by Crippen LogP contribution is -2.47. The van der Waals surface area contributed by atoms with Crippen molar-refractivity contribution in [3.8, 4) is 5.75 Å². The summed E-state index contributed by atoms with van der Waals surface area (Å²) in [5.74, 6) is 0.366. The second-order valence-electron chi connectivity index (χ2n) is 6.02. The van der Waals surface area contributed by atoms with E-state index >= 15 is 0 Å². The summed E-state index contributed by atoms with van der Waals surface area (Å²) in [7, 11) is 1.59. The second kappa shape index (κ2) is 5.47. The van der Waals surface area contributed by atoms with Gasteiger partial charge in [-0.3, -0.25) is 14.9 Å². The van der Waals surface area contributed by atoms with Gasteiger partial charge >= 0.3 is 0 Å². The molecule has 5 nitrogen and oxygen atoms in total. The molecule has 2 saturated carbocycles. The molecule has 112 valence electrons. The second-order valence-corrected chi connectivity index (χ2v) is 6.02. The monoisotopic (exact) mass is 289 g/mol. The molecule has 4 atom stereocenters. The number of carbonyl (C=O) groups excluding carboxylic acids is 1. The van der Waals surface area contributed by atoms with Crippen LogP contribution >= 0.6 is 0 Å². The van der Waals surface area contributed by atoms with E-state index in [4.69, 9.17) is 4.74 Å². The lowest BCUT2D eigenvalue weighted by molar-refractivity contribution is -0.532. The van der Waals surface area contributed by atoms with E-state index in [1.54, 1.807) is 7.11 Å². The van der Waals surface area contributed by atoms with Crippen LogP contribution in [-0.2, 0) is 4.79 Å². The van der Waals surface area contributed by atoms with Crippen LogP contribution in [0.25, 0.3) is 0 Å². The predicted octanol–water partition coefficient (Wildman–Crippen LogP) is 2.81. The summed E-state index contributed by atoms with van der Waals surface area (Å²) in [6.45, 7) is 0. The molecule has 3 rings (SSSR count). The third-order valence-corrected chi connectivity index (χ3v) is 4.98. The molecule has 0 heterocycles. The van der Waals surface area contributed by atoms with Crippen LogP contribution in [0.5, 0.6) is 5.75 Å². The highest BCUT2D eigenvalue weighted by atomic mass is 16.6. The summed E-state index contributed by atoms with van der Waals surface area (Å²) in [5.41, 5.74) is 0.885. The molecule has 0 saturated heterocycles. The number of rotatable bonds is 3. The van der Waals surface area contributed by atoms with Crippen LogP contribution in [0.4, 0.5) is 0 Å². The van der Waals surface area contributed by atoms with Crippen molar-refractivity contribution in [1.29, 1.82) is 0 Å². The maximum Gasteiger partial charge on any atom is 0.221 e. The quantitative estimate of drug-likeness (QED) is 0.633. The lowest BCUT2D eigenvalue weighted by atomic mass is 9.62. The van der Waals surface area contributed by atoms with Crippen molar-refractivity contribution in [2.45, 2.75) is 37.6 Å². The third kappa shape index (κ3) is 2.41. The maximum atomic E-state index is 12.4. The van der Waals surface area contributed by atoms with Gasteiger partial charge in [0.05, 0.1) is 13.0 Å². The van der Waals surface area contributed by atoms with Crippen molar-refractivity contribution in [2.75, 3.05) is 7.11 Å². The van der Waals surface area contributed by atoms with Gasteiger partial charge in [0.15, 0.2) is 0 Å². The number of hydrogen-bond donors (Lipinski definition) is 0. The van der Waals surface area contributed by atoms with E-state index in [-0.39, 0.29) is 28.5 Å². The van der Waals surface area contributed by atoms with Gasteiger partial charge in [0, 0.05) is 23.2 Å². The van der Waals surface area contributed by atoms with Gasteiger partial charge in [0.2, 0.25) is 6.04 Å². The van der Waals surface area contributed by atoms with Crippen molar-refractivity contribution in [3.05, 3.63) is 39.9 Å². The Morgan fingerprint density at radius 3 is 2.57 bits per heavy atom. The van der Waals surface area contributed by atoms with Crippen LogP contribution in [0.2, 0.25) is 0 Å². The fraction of sp³-hybridized carbons (Fsp3) is 0.562. The van der Waals surface area contributed by atoms with E-state index in [9.17, 15) is 14.9 Å². The SMILES string of the molecule is COc1ccc([C@H]2[C@@H]3CCC[C@H](C[C@@H]2[N+](=O)[O-])C3=O)cc1. The predicted molar refractivity (Wildman–Crippen MR) is 77.0 cm³/mol. The van der Waals surface area contributed by atoms with Crippen molar-refractivity contribution < 1.29 is 14.5 Å². The average molecular weight is 289 g/mol. The van der Waals surface area contributed by atoms with Crippen LogP contribution in [0.1, 0.15) is 37.2 Å². The first-order valence-electron chi connectivity index (χ1n) is 7.43. The van der Waals surface area contributed by atoms with Crippen molar-refractivity contribution in [3.63, 3.8) is 0 Å². The van der Waals surface area contributed by atoms with E-state index in [0.717, 1.165) is 30.6 Å². The van der Waals surface area contributed by atoms with Crippen LogP contribution in [0.15, 0.2) is 24.3 Å². The number of methoxy groups -OCH3 is 1. The van der Waals surface area contributed by atoms with E-state index in [0.29, 0.717) is 6.42 Å². The summed E-state index contributed by atoms with van der Waals surface area (Å²) in [6, 6.07) is 6.70. The minimum absolute atomic E-state index is 0.103. The molecule has 1 aromatic rings.